The summed E-state index contributed by atoms with van der Waals surface area (Å²) in [6.07, 6.45) is 2.82. The maximum atomic E-state index is 8.90. The maximum Gasteiger partial charge on any atom is 0.216 e. The average Bonchev–Trinajstić information content (AvgIpc) is 2.20. The molecule has 0 spiro atoms. The van der Waals surface area contributed by atoms with Gasteiger partial charge in [-0.15, -0.1) is 6.58 Å². The Labute approximate surface area is 78.7 Å². The topological polar surface area (TPSA) is 51.9 Å². The highest BCUT2D eigenvalue weighted by atomic mass is 14.6. The van der Waals surface area contributed by atoms with Crippen LogP contribution in [-0.2, 0) is 0 Å². The maximum absolute atomic E-state index is 8.90. The lowest BCUT2D eigenvalue weighted by Crippen LogP contribution is -2.16. The molecule has 0 aliphatic heterocycles. The van der Waals surface area contributed by atoms with Crippen LogP contribution in [0.1, 0.15) is 19.3 Å². The molecule has 0 saturated heterocycles. The van der Waals surface area contributed by atoms with Crippen molar-refractivity contribution < 1.29 is 0 Å². The highest BCUT2D eigenvalue weighted by Crippen LogP contribution is 2.28. The van der Waals surface area contributed by atoms with Crippen molar-refractivity contribution in [1.29, 1.82) is 10.5 Å². The van der Waals surface area contributed by atoms with Gasteiger partial charge in [-0.05, 0) is 6.42 Å². The molecular formula is C10H11N3. The third-order valence-corrected chi connectivity index (χ3v) is 1.97. The second-order valence-electron chi connectivity index (χ2n) is 2.76. The molecule has 3 nitrogen and oxygen atoms in total. The van der Waals surface area contributed by atoms with E-state index in [1.807, 2.05) is 6.07 Å². The second-order valence-corrected chi connectivity index (χ2v) is 2.76. The van der Waals surface area contributed by atoms with Gasteiger partial charge in [0.15, 0.2) is 0 Å². The van der Waals surface area contributed by atoms with Crippen LogP contribution < -0.4 is 0 Å². The second kappa shape index (κ2) is 5.81. The molecule has 0 amide bonds. The minimum Gasteiger partial charge on any atom is -0.317 e. The zero-order valence-corrected chi connectivity index (χ0v) is 7.45. The number of hydrogen-bond acceptors (Lipinski definition) is 2. The Morgan fingerprint density at radius 1 is 1.46 bits per heavy atom. The van der Waals surface area contributed by atoms with Crippen LogP contribution in [0.25, 0.3) is 4.85 Å². The van der Waals surface area contributed by atoms with E-state index in [0.717, 1.165) is 0 Å². The first kappa shape index (κ1) is 11.2. The lowest BCUT2D eigenvalue weighted by atomic mass is 9.82. The molecule has 0 fully saturated rings. The highest BCUT2D eigenvalue weighted by molar-refractivity contribution is 5.11. The van der Waals surface area contributed by atoms with Crippen LogP contribution in [0.15, 0.2) is 12.7 Å². The van der Waals surface area contributed by atoms with Gasteiger partial charge in [0.25, 0.3) is 0 Å². The molecule has 1 atom stereocenters. The molecule has 0 rings (SSSR count). The lowest BCUT2D eigenvalue weighted by molar-refractivity contribution is 0.450. The van der Waals surface area contributed by atoms with Crippen LogP contribution in [0.3, 0.4) is 0 Å². The summed E-state index contributed by atoms with van der Waals surface area (Å²) in [5, 5.41) is 17.3. The summed E-state index contributed by atoms with van der Waals surface area (Å²) in [6.45, 7) is 10.5. The van der Waals surface area contributed by atoms with Crippen LogP contribution >= 0.6 is 0 Å². The summed E-state index contributed by atoms with van der Waals surface area (Å²) in [7, 11) is 0. The summed E-state index contributed by atoms with van der Waals surface area (Å²) in [5.74, 6) is 0. The van der Waals surface area contributed by atoms with Gasteiger partial charge >= 0.3 is 0 Å². The van der Waals surface area contributed by atoms with Crippen molar-refractivity contribution >= 4 is 0 Å². The molecule has 0 aromatic carbocycles. The molecule has 66 valence electrons. The minimum atomic E-state index is -0.680. The molecule has 13 heavy (non-hydrogen) atoms. The van der Waals surface area contributed by atoms with E-state index in [9.17, 15) is 0 Å². The van der Waals surface area contributed by atoms with Crippen LogP contribution in [0.4, 0.5) is 0 Å². The zero-order chi connectivity index (χ0) is 10.2. The summed E-state index contributed by atoms with van der Waals surface area (Å²) in [6, 6.07) is 4.11. The van der Waals surface area contributed by atoms with Gasteiger partial charge in [-0.3, -0.25) is 0 Å². The largest absolute Gasteiger partial charge is 0.317 e. The van der Waals surface area contributed by atoms with E-state index in [1.54, 1.807) is 6.08 Å². The number of allylic oxidation sites excluding steroid dienone is 1. The van der Waals surface area contributed by atoms with Crippen molar-refractivity contribution in [3.63, 3.8) is 0 Å². The molecule has 0 aromatic rings. The van der Waals surface area contributed by atoms with E-state index in [0.29, 0.717) is 25.8 Å². The number of nitriles is 2. The number of hydrogen-bond donors (Lipinski definition) is 0. The third kappa shape index (κ3) is 3.41. The Balaban J connectivity index is 4.36. The van der Waals surface area contributed by atoms with Crippen molar-refractivity contribution in [1.82, 2.24) is 0 Å². The fourth-order valence-electron chi connectivity index (χ4n) is 1.02. The fraction of sp³-hybridized carbons (Fsp3) is 0.500. The van der Waals surface area contributed by atoms with Crippen molar-refractivity contribution in [3.8, 4) is 12.1 Å². The number of rotatable bonds is 5. The van der Waals surface area contributed by atoms with Gasteiger partial charge in [0, 0.05) is 12.8 Å². The zero-order valence-electron chi connectivity index (χ0n) is 7.45. The SMILES string of the molecule is [C-]#[N+]CCC(C#N)(C=C)CCC#N. The molecule has 0 N–H and O–H groups in total. The van der Waals surface area contributed by atoms with Crippen molar-refractivity contribution in [2.75, 3.05) is 6.54 Å². The molecule has 0 heterocycles. The van der Waals surface area contributed by atoms with Crippen LogP contribution in [0, 0.1) is 34.6 Å². The van der Waals surface area contributed by atoms with E-state index >= 15 is 0 Å². The lowest BCUT2D eigenvalue weighted by Gasteiger charge is -2.17. The van der Waals surface area contributed by atoms with Crippen molar-refractivity contribution in [2.45, 2.75) is 19.3 Å². The molecule has 0 aromatic heterocycles. The molecule has 0 aliphatic carbocycles. The summed E-state index contributed by atoms with van der Waals surface area (Å²) in [4.78, 5) is 3.19. The van der Waals surface area contributed by atoms with Crippen molar-refractivity contribution in [2.24, 2.45) is 5.41 Å². The molecule has 0 bridgehead atoms. The predicted molar refractivity (Wildman–Crippen MR) is 49.2 cm³/mol. The summed E-state index contributed by atoms with van der Waals surface area (Å²) >= 11 is 0. The smallest absolute Gasteiger partial charge is 0.216 e. The van der Waals surface area contributed by atoms with Gasteiger partial charge in [-0.25, -0.2) is 6.57 Å². The first-order valence-corrected chi connectivity index (χ1v) is 3.99. The monoisotopic (exact) mass is 173 g/mol. The first-order chi connectivity index (χ1) is 6.24. The highest BCUT2D eigenvalue weighted by Gasteiger charge is 2.26. The fourth-order valence-corrected chi connectivity index (χ4v) is 1.02. The molecular weight excluding hydrogens is 162 g/mol. The Kier molecular flexibility index (Phi) is 5.01. The minimum absolute atomic E-state index is 0.311. The van der Waals surface area contributed by atoms with E-state index < -0.39 is 5.41 Å². The van der Waals surface area contributed by atoms with Gasteiger partial charge in [-0.1, -0.05) is 6.08 Å². The third-order valence-electron chi connectivity index (χ3n) is 1.97. The Hall–Kier alpha value is -1.79. The summed E-state index contributed by atoms with van der Waals surface area (Å²) in [5.41, 5.74) is -0.680. The van der Waals surface area contributed by atoms with Crippen LogP contribution in [-0.4, -0.2) is 6.54 Å². The van der Waals surface area contributed by atoms with Gasteiger partial charge in [0.1, 0.15) is 0 Å². The molecule has 0 saturated carbocycles. The normalized spacial score (nSPS) is 13.0. The Morgan fingerprint density at radius 2 is 2.15 bits per heavy atom. The standard InChI is InChI=1S/C10H11N3/c1-3-10(9-12,5-4-7-11)6-8-13-2/h3H,1,4-6,8H2. The van der Waals surface area contributed by atoms with Gasteiger partial charge in [0.2, 0.25) is 6.54 Å². The molecule has 1 unspecified atom stereocenters. The van der Waals surface area contributed by atoms with Crippen molar-refractivity contribution in [3.05, 3.63) is 24.1 Å². The first-order valence-electron chi connectivity index (χ1n) is 3.99. The van der Waals surface area contributed by atoms with Gasteiger partial charge in [-0.2, -0.15) is 10.5 Å². The van der Waals surface area contributed by atoms with E-state index in [-0.39, 0.29) is 0 Å². The Bertz CT molecular complexity index is 267. The average molecular weight is 173 g/mol. The summed E-state index contributed by atoms with van der Waals surface area (Å²) < 4.78 is 0. The van der Waals surface area contributed by atoms with E-state index in [1.165, 1.54) is 0 Å². The van der Waals surface area contributed by atoms with E-state index in [2.05, 4.69) is 17.5 Å². The predicted octanol–water partition coefficient (Wildman–Crippen LogP) is 2.30. The van der Waals surface area contributed by atoms with Gasteiger partial charge < -0.3 is 4.85 Å². The Morgan fingerprint density at radius 3 is 2.54 bits per heavy atom. The van der Waals surface area contributed by atoms with Crippen LogP contribution in [0.2, 0.25) is 0 Å². The molecule has 0 radical (unpaired) electrons. The van der Waals surface area contributed by atoms with Gasteiger partial charge in [0.05, 0.1) is 17.6 Å². The van der Waals surface area contributed by atoms with E-state index in [4.69, 9.17) is 17.1 Å². The molecule has 3 heteroatoms. The quantitative estimate of drug-likeness (QED) is 0.473. The number of nitrogens with zero attached hydrogens (tertiary/aromatic N) is 3. The molecule has 0 aliphatic rings. The van der Waals surface area contributed by atoms with Crippen LogP contribution in [0.5, 0.6) is 0 Å².